The summed E-state index contributed by atoms with van der Waals surface area (Å²) in [5, 5.41) is 2.69. The second kappa shape index (κ2) is 5.71. The molecule has 6 nitrogen and oxygen atoms in total. The molecule has 0 bridgehead atoms. The molecule has 0 radical (unpaired) electrons. The fourth-order valence-electron chi connectivity index (χ4n) is 1.95. The van der Waals surface area contributed by atoms with Crippen molar-refractivity contribution in [3.63, 3.8) is 0 Å². The van der Waals surface area contributed by atoms with Gasteiger partial charge in [0.2, 0.25) is 5.91 Å². The highest BCUT2D eigenvalue weighted by atomic mass is 16.5. The van der Waals surface area contributed by atoms with E-state index in [1.807, 2.05) is 6.92 Å². The first-order valence-corrected chi connectivity index (χ1v) is 6.01. The number of carbonyl (C=O) groups is 2. The van der Waals surface area contributed by atoms with Crippen LogP contribution in [0.25, 0.3) is 0 Å². The summed E-state index contributed by atoms with van der Waals surface area (Å²) in [6.45, 7) is 2.49. The highest BCUT2D eigenvalue weighted by Gasteiger charge is 2.24. The molecular formula is C13H16N2O4. The molecule has 1 aromatic rings. The van der Waals surface area contributed by atoms with Crippen molar-refractivity contribution in [3.05, 3.63) is 18.2 Å². The molecule has 0 aromatic heterocycles. The van der Waals surface area contributed by atoms with Gasteiger partial charge in [0.25, 0.3) is 5.91 Å². The van der Waals surface area contributed by atoms with Crippen LogP contribution in [0, 0.1) is 0 Å². The molecule has 102 valence electrons. The fraction of sp³-hybridized carbons (Fsp3) is 0.385. The van der Waals surface area contributed by atoms with Crippen molar-refractivity contribution in [2.75, 3.05) is 37.1 Å². The molecule has 0 saturated heterocycles. The third kappa shape index (κ3) is 2.85. The van der Waals surface area contributed by atoms with Crippen LogP contribution in [0.15, 0.2) is 18.2 Å². The molecule has 2 rings (SSSR count). The Hall–Kier alpha value is -2.08. The number of benzene rings is 1. The summed E-state index contributed by atoms with van der Waals surface area (Å²) in [7, 11) is 1.46. The van der Waals surface area contributed by atoms with Crippen LogP contribution in [-0.2, 0) is 14.3 Å². The van der Waals surface area contributed by atoms with Crippen molar-refractivity contribution in [3.8, 4) is 5.75 Å². The number of methoxy groups -OCH3 is 1. The van der Waals surface area contributed by atoms with E-state index < -0.39 is 0 Å². The fourth-order valence-corrected chi connectivity index (χ4v) is 1.95. The summed E-state index contributed by atoms with van der Waals surface area (Å²) >= 11 is 0. The lowest BCUT2D eigenvalue weighted by Gasteiger charge is -2.28. The molecule has 0 atom stereocenters. The van der Waals surface area contributed by atoms with Gasteiger partial charge in [-0.1, -0.05) is 0 Å². The van der Waals surface area contributed by atoms with E-state index in [9.17, 15) is 9.59 Å². The number of fused-ring (bicyclic) bond motifs is 1. The lowest BCUT2D eigenvalue weighted by Crippen LogP contribution is -2.38. The Balaban J connectivity index is 2.24. The van der Waals surface area contributed by atoms with Crippen LogP contribution in [0.2, 0.25) is 0 Å². The lowest BCUT2D eigenvalue weighted by atomic mass is 10.2. The van der Waals surface area contributed by atoms with Gasteiger partial charge in [0.1, 0.15) is 12.4 Å². The zero-order chi connectivity index (χ0) is 13.8. The first kappa shape index (κ1) is 13.4. The normalized spacial score (nSPS) is 13.8. The smallest absolute Gasteiger partial charge is 0.265 e. The molecule has 0 saturated carbocycles. The van der Waals surface area contributed by atoms with Gasteiger partial charge >= 0.3 is 0 Å². The zero-order valence-electron chi connectivity index (χ0n) is 10.9. The van der Waals surface area contributed by atoms with Crippen LogP contribution in [0.3, 0.4) is 0 Å². The number of likely N-dealkylation sites (N-methyl/N-ethyl adjacent to an activating group) is 1. The summed E-state index contributed by atoms with van der Waals surface area (Å²) in [6.07, 6.45) is 0. The van der Waals surface area contributed by atoms with E-state index in [4.69, 9.17) is 9.47 Å². The van der Waals surface area contributed by atoms with Gasteiger partial charge in [-0.2, -0.15) is 0 Å². The molecule has 0 fully saturated rings. The Kier molecular flexibility index (Phi) is 4.01. The van der Waals surface area contributed by atoms with Gasteiger partial charge in [0.05, 0.1) is 5.69 Å². The summed E-state index contributed by atoms with van der Waals surface area (Å²) in [4.78, 5) is 24.8. The lowest BCUT2D eigenvalue weighted by molar-refractivity contribution is -0.121. The summed E-state index contributed by atoms with van der Waals surface area (Å²) in [5.74, 6) is 0.315. The van der Waals surface area contributed by atoms with E-state index in [1.54, 1.807) is 23.1 Å². The average molecular weight is 264 g/mol. The number of amides is 2. The van der Waals surface area contributed by atoms with E-state index in [0.717, 1.165) is 0 Å². The first-order chi connectivity index (χ1) is 9.15. The third-order valence-electron chi connectivity index (χ3n) is 2.78. The van der Waals surface area contributed by atoms with Gasteiger partial charge in [-0.15, -0.1) is 0 Å². The van der Waals surface area contributed by atoms with Gasteiger partial charge in [0.15, 0.2) is 6.61 Å². The number of anilines is 2. The maximum atomic E-state index is 11.7. The highest BCUT2D eigenvalue weighted by molar-refractivity contribution is 5.99. The molecule has 1 heterocycles. The molecule has 1 N–H and O–H groups in total. The standard InChI is InChI=1S/C13H16N2O4/c1-3-15-10-6-9(14-12(16)7-18-2)4-5-11(10)19-8-13(15)17/h4-6H,3,7-8H2,1-2H3,(H,14,16). The monoisotopic (exact) mass is 264 g/mol. The van der Waals surface area contributed by atoms with E-state index in [2.05, 4.69) is 5.32 Å². The topological polar surface area (TPSA) is 67.9 Å². The van der Waals surface area contributed by atoms with E-state index in [1.165, 1.54) is 7.11 Å². The Morgan fingerprint density at radius 3 is 3.00 bits per heavy atom. The number of ether oxygens (including phenoxy) is 2. The highest BCUT2D eigenvalue weighted by Crippen LogP contribution is 2.34. The SMILES string of the molecule is CCN1C(=O)COc2ccc(NC(=O)COC)cc21. The van der Waals surface area contributed by atoms with Crippen LogP contribution in [0.1, 0.15) is 6.92 Å². The van der Waals surface area contributed by atoms with E-state index >= 15 is 0 Å². The van der Waals surface area contributed by atoms with Crippen LogP contribution < -0.4 is 15.0 Å². The largest absolute Gasteiger partial charge is 0.482 e. The van der Waals surface area contributed by atoms with Gasteiger partial charge in [-0.3, -0.25) is 9.59 Å². The van der Waals surface area contributed by atoms with Crippen LogP contribution in [0.5, 0.6) is 5.75 Å². The maximum absolute atomic E-state index is 11.7. The second-order valence-corrected chi connectivity index (χ2v) is 4.09. The molecule has 6 heteroatoms. The number of rotatable bonds is 4. The molecule has 2 amide bonds. The van der Waals surface area contributed by atoms with Crippen molar-refractivity contribution < 1.29 is 19.1 Å². The van der Waals surface area contributed by atoms with Crippen molar-refractivity contribution in [1.82, 2.24) is 0 Å². The summed E-state index contributed by atoms with van der Waals surface area (Å²) < 4.78 is 10.1. The maximum Gasteiger partial charge on any atom is 0.265 e. The molecule has 1 aliphatic heterocycles. The number of carbonyl (C=O) groups excluding carboxylic acids is 2. The number of nitrogens with zero attached hydrogens (tertiary/aromatic N) is 1. The van der Waals surface area contributed by atoms with Gasteiger partial charge < -0.3 is 19.7 Å². The average Bonchev–Trinajstić information content (AvgIpc) is 2.38. The van der Waals surface area contributed by atoms with E-state index in [-0.39, 0.29) is 25.0 Å². The van der Waals surface area contributed by atoms with Crippen molar-refractivity contribution in [2.24, 2.45) is 0 Å². The minimum absolute atomic E-state index is 0.00991. The number of hydrogen-bond acceptors (Lipinski definition) is 4. The van der Waals surface area contributed by atoms with Crippen LogP contribution in [-0.4, -0.2) is 38.7 Å². The third-order valence-corrected chi connectivity index (χ3v) is 2.78. The Labute approximate surface area is 111 Å². The Bertz CT molecular complexity index is 501. The molecular weight excluding hydrogens is 248 g/mol. The first-order valence-electron chi connectivity index (χ1n) is 6.01. The zero-order valence-corrected chi connectivity index (χ0v) is 10.9. The van der Waals surface area contributed by atoms with E-state index in [0.29, 0.717) is 23.7 Å². The minimum Gasteiger partial charge on any atom is -0.482 e. The summed E-state index contributed by atoms with van der Waals surface area (Å²) in [6, 6.07) is 5.20. The predicted molar refractivity (Wildman–Crippen MR) is 70.5 cm³/mol. The Morgan fingerprint density at radius 2 is 2.32 bits per heavy atom. The predicted octanol–water partition coefficient (Wildman–Crippen LogP) is 1.02. The minimum atomic E-state index is -0.242. The number of hydrogen-bond donors (Lipinski definition) is 1. The molecule has 0 unspecified atom stereocenters. The Morgan fingerprint density at radius 1 is 1.53 bits per heavy atom. The quantitative estimate of drug-likeness (QED) is 0.881. The van der Waals surface area contributed by atoms with Crippen molar-refractivity contribution in [2.45, 2.75) is 6.92 Å². The number of nitrogens with one attached hydrogen (secondary N) is 1. The van der Waals surface area contributed by atoms with Crippen molar-refractivity contribution >= 4 is 23.2 Å². The molecule has 0 aliphatic carbocycles. The van der Waals surface area contributed by atoms with Crippen LogP contribution in [0.4, 0.5) is 11.4 Å². The van der Waals surface area contributed by atoms with Gasteiger partial charge in [-0.25, -0.2) is 0 Å². The molecule has 0 spiro atoms. The van der Waals surface area contributed by atoms with Gasteiger partial charge in [-0.05, 0) is 25.1 Å². The second-order valence-electron chi connectivity index (χ2n) is 4.09. The van der Waals surface area contributed by atoms with Gasteiger partial charge in [0, 0.05) is 19.3 Å². The van der Waals surface area contributed by atoms with Crippen LogP contribution >= 0.6 is 0 Å². The molecule has 19 heavy (non-hydrogen) atoms. The summed E-state index contributed by atoms with van der Waals surface area (Å²) in [5.41, 5.74) is 1.28. The van der Waals surface area contributed by atoms with Crippen molar-refractivity contribution in [1.29, 1.82) is 0 Å². The molecule has 1 aromatic carbocycles. The molecule has 1 aliphatic rings.